The van der Waals surface area contributed by atoms with Gasteiger partial charge in [-0.05, 0) is 55.1 Å². The average molecular weight is 373 g/mol. The third-order valence-electron chi connectivity index (χ3n) is 4.41. The molecule has 6 nitrogen and oxygen atoms in total. The number of nitrogens with zero attached hydrogens (tertiary/aromatic N) is 1. The van der Waals surface area contributed by atoms with Gasteiger partial charge in [-0.3, -0.25) is 14.5 Å². The minimum atomic E-state index is -0.274. The molecule has 1 aliphatic heterocycles. The summed E-state index contributed by atoms with van der Waals surface area (Å²) >= 11 is 1.62. The number of anilines is 1. The van der Waals surface area contributed by atoms with Crippen molar-refractivity contribution >= 4 is 28.8 Å². The molecular formula is C19H23N3O3S. The number of thiophene rings is 1. The first-order valence-electron chi connectivity index (χ1n) is 8.64. The number of carbonyl (C=O) groups is 2. The van der Waals surface area contributed by atoms with E-state index in [0.717, 1.165) is 35.7 Å². The van der Waals surface area contributed by atoms with Crippen molar-refractivity contribution in [2.24, 2.45) is 0 Å². The molecule has 0 aliphatic carbocycles. The van der Waals surface area contributed by atoms with Gasteiger partial charge in [0.25, 0.3) is 0 Å². The number of hydrogen-bond donors (Lipinski definition) is 2. The number of amides is 2. The van der Waals surface area contributed by atoms with Gasteiger partial charge in [0.1, 0.15) is 5.75 Å². The third kappa shape index (κ3) is 4.83. The lowest BCUT2D eigenvalue weighted by atomic mass is 10.2. The van der Waals surface area contributed by atoms with Gasteiger partial charge in [0.05, 0.1) is 26.2 Å². The van der Waals surface area contributed by atoms with E-state index in [9.17, 15) is 9.59 Å². The number of rotatable bonds is 7. The first-order chi connectivity index (χ1) is 12.7. The Kier molecular flexibility index (Phi) is 6.25. The van der Waals surface area contributed by atoms with Gasteiger partial charge in [-0.1, -0.05) is 6.07 Å². The van der Waals surface area contributed by atoms with Crippen LogP contribution < -0.4 is 15.4 Å². The van der Waals surface area contributed by atoms with Crippen LogP contribution in [0.1, 0.15) is 17.7 Å². The zero-order valence-electron chi connectivity index (χ0n) is 14.7. The number of carbonyl (C=O) groups excluding carboxylic acids is 2. The second kappa shape index (κ2) is 8.82. The Bertz CT molecular complexity index is 731. The molecular weight excluding hydrogens is 350 g/mol. The van der Waals surface area contributed by atoms with Gasteiger partial charge >= 0.3 is 0 Å². The number of nitrogens with one attached hydrogen (secondary N) is 2. The van der Waals surface area contributed by atoms with Crippen LogP contribution in [0, 0.1) is 0 Å². The summed E-state index contributed by atoms with van der Waals surface area (Å²) in [5.74, 6) is 0.620. The maximum atomic E-state index is 12.6. The minimum Gasteiger partial charge on any atom is -0.497 e. The summed E-state index contributed by atoms with van der Waals surface area (Å²) in [6.45, 7) is 1.53. The van der Waals surface area contributed by atoms with Gasteiger partial charge in [0.15, 0.2) is 0 Å². The van der Waals surface area contributed by atoms with Gasteiger partial charge in [0.2, 0.25) is 11.8 Å². The fourth-order valence-electron chi connectivity index (χ4n) is 3.05. The predicted octanol–water partition coefficient (Wildman–Crippen LogP) is 2.48. The van der Waals surface area contributed by atoms with Crippen LogP contribution in [0.4, 0.5) is 5.69 Å². The smallest absolute Gasteiger partial charge is 0.241 e. The van der Waals surface area contributed by atoms with Gasteiger partial charge in [-0.25, -0.2) is 0 Å². The molecule has 0 spiro atoms. The monoisotopic (exact) mass is 373 g/mol. The lowest BCUT2D eigenvalue weighted by molar-refractivity contribution is -0.124. The topological polar surface area (TPSA) is 70.7 Å². The molecule has 2 aromatic rings. The van der Waals surface area contributed by atoms with Crippen LogP contribution in [-0.2, 0) is 16.1 Å². The van der Waals surface area contributed by atoms with E-state index in [2.05, 4.69) is 10.6 Å². The maximum absolute atomic E-state index is 12.6. The quantitative estimate of drug-likeness (QED) is 0.782. The van der Waals surface area contributed by atoms with Crippen molar-refractivity contribution < 1.29 is 14.3 Å². The van der Waals surface area contributed by atoms with Crippen molar-refractivity contribution in [3.8, 4) is 5.75 Å². The molecule has 7 heteroatoms. The Labute approximate surface area is 157 Å². The van der Waals surface area contributed by atoms with Crippen molar-refractivity contribution in [2.45, 2.75) is 25.4 Å². The zero-order chi connectivity index (χ0) is 18.4. The van der Waals surface area contributed by atoms with Crippen LogP contribution >= 0.6 is 11.3 Å². The normalized spacial score (nSPS) is 17.0. The average Bonchev–Trinajstić information content (AvgIpc) is 3.32. The molecule has 0 radical (unpaired) electrons. The summed E-state index contributed by atoms with van der Waals surface area (Å²) in [6.07, 6.45) is 1.68. The van der Waals surface area contributed by atoms with Crippen LogP contribution in [0.25, 0.3) is 0 Å². The molecule has 26 heavy (non-hydrogen) atoms. The number of hydrogen-bond acceptors (Lipinski definition) is 5. The van der Waals surface area contributed by atoms with Crippen LogP contribution in [0.15, 0.2) is 41.8 Å². The standard InChI is InChI=1S/C19H23N3O3S/c1-25-15-8-6-14(7-9-15)21-19(24)17-5-2-10-22(17)13-18(23)20-12-16-4-3-11-26-16/h3-4,6-9,11,17H,2,5,10,12-13H2,1H3,(H,20,23)(H,21,24)/t17-/m0/s1. The fraction of sp³-hybridized carbons (Fsp3) is 0.368. The molecule has 2 heterocycles. The second-order valence-electron chi connectivity index (χ2n) is 6.20. The Hall–Kier alpha value is -2.38. The van der Waals surface area contributed by atoms with Gasteiger partial charge in [-0.2, -0.15) is 0 Å². The molecule has 138 valence electrons. The number of likely N-dealkylation sites (tertiary alicyclic amines) is 1. The van der Waals surface area contributed by atoms with Crippen molar-refractivity contribution in [1.82, 2.24) is 10.2 Å². The van der Waals surface area contributed by atoms with Crippen molar-refractivity contribution in [1.29, 1.82) is 0 Å². The fourth-order valence-corrected chi connectivity index (χ4v) is 3.70. The Morgan fingerprint density at radius 3 is 2.77 bits per heavy atom. The lowest BCUT2D eigenvalue weighted by Gasteiger charge is -2.23. The zero-order valence-corrected chi connectivity index (χ0v) is 15.6. The van der Waals surface area contributed by atoms with Crippen molar-refractivity contribution in [3.63, 3.8) is 0 Å². The highest BCUT2D eigenvalue weighted by molar-refractivity contribution is 7.09. The molecule has 2 amide bonds. The van der Waals surface area contributed by atoms with Crippen molar-refractivity contribution in [2.75, 3.05) is 25.5 Å². The van der Waals surface area contributed by atoms with Gasteiger partial charge < -0.3 is 15.4 Å². The van der Waals surface area contributed by atoms with E-state index in [1.165, 1.54) is 0 Å². The minimum absolute atomic E-state index is 0.0532. The maximum Gasteiger partial charge on any atom is 0.241 e. The molecule has 2 N–H and O–H groups in total. The van der Waals surface area contributed by atoms with E-state index >= 15 is 0 Å². The Morgan fingerprint density at radius 1 is 1.27 bits per heavy atom. The van der Waals surface area contributed by atoms with Gasteiger partial charge in [-0.15, -0.1) is 11.3 Å². The molecule has 1 aromatic carbocycles. The van der Waals surface area contributed by atoms with Crippen LogP contribution in [0.3, 0.4) is 0 Å². The van der Waals surface area contributed by atoms with Crippen LogP contribution in [0.2, 0.25) is 0 Å². The molecule has 1 aliphatic rings. The van der Waals surface area contributed by atoms with E-state index in [1.54, 1.807) is 30.6 Å². The molecule has 3 rings (SSSR count). The van der Waals surface area contributed by atoms with Crippen molar-refractivity contribution in [3.05, 3.63) is 46.7 Å². The van der Waals surface area contributed by atoms with Crippen LogP contribution in [0.5, 0.6) is 5.75 Å². The summed E-state index contributed by atoms with van der Waals surface area (Å²) in [5, 5.41) is 7.83. The number of benzene rings is 1. The first-order valence-corrected chi connectivity index (χ1v) is 9.52. The molecule has 1 fully saturated rings. The summed E-state index contributed by atoms with van der Waals surface area (Å²) < 4.78 is 5.12. The third-order valence-corrected chi connectivity index (χ3v) is 5.29. The lowest BCUT2D eigenvalue weighted by Crippen LogP contribution is -2.44. The summed E-state index contributed by atoms with van der Waals surface area (Å²) in [5.41, 5.74) is 0.727. The largest absolute Gasteiger partial charge is 0.497 e. The van der Waals surface area contributed by atoms with E-state index in [0.29, 0.717) is 6.54 Å². The Morgan fingerprint density at radius 2 is 2.08 bits per heavy atom. The van der Waals surface area contributed by atoms with Gasteiger partial charge in [0, 0.05) is 10.6 Å². The highest BCUT2D eigenvalue weighted by Crippen LogP contribution is 2.20. The number of ether oxygens (including phenoxy) is 1. The second-order valence-corrected chi connectivity index (χ2v) is 7.23. The molecule has 1 atom stereocenters. The van der Waals surface area contributed by atoms with E-state index in [4.69, 9.17) is 4.74 Å². The molecule has 0 saturated carbocycles. The highest BCUT2D eigenvalue weighted by atomic mass is 32.1. The number of methoxy groups -OCH3 is 1. The summed E-state index contributed by atoms with van der Waals surface area (Å²) in [4.78, 5) is 27.9. The Balaban J connectivity index is 1.51. The predicted molar refractivity (Wildman–Crippen MR) is 102 cm³/mol. The molecule has 1 aromatic heterocycles. The SMILES string of the molecule is COc1ccc(NC(=O)[C@@H]2CCCN2CC(=O)NCc2cccs2)cc1. The van der Waals surface area contributed by atoms with E-state index < -0.39 is 0 Å². The molecule has 0 bridgehead atoms. The molecule has 0 unspecified atom stereocenters. The van der Waals surface area contributed by atoms with E-state index in [-0.39, 0.29) is 24.4 Å². The summed E-state index contributed by atoms with van der Waals surface area (Å²) in [6, 6.07) is 10.9. The van der Waals surface area contributed by atoms with E-state index in [1.807, 2.05) is 34.5 Å². The first kappa shape index (κ1) is 18.4. The van der Waals surface area contributed by atoms with Crippen LogP contribution in [-0.4, -0.2) is 43.0 Å². The molecule has 1 saturated heterocycles. The summed E-state index contributed by atoms with van der Waals surface area (Å²) in [7, 11) is 1.60. The highest BCUT2D eigenvalue weighted by Gasteiger charge is 2.31.